The van der Waals surface area contributed by atoms with Crippen LogP contribution in [-0.2, 0) is 14.3 Å². The number of aliphatic carboxylic acids is 1. The minimum Gasteiger partial charge on any atom is -0.495 e. The number of carboxylic acids is 1. The lowest BCUT2D eigenvalue weighted by Gasteiger charge is -2.43. The maximum Gasteiger partial charge on any atom is 0.408 e. The fraction of sp³-hybridized carbons (Fsp3) is 0.488. The van der Waals surface area contributed by atoms with Gasteiger partial charge in [0, 0.05) is 24.3 Å². The summed E-state index contributed by atoms with van der Waals surface area (Å²) in [5, 5.41) is 19.3. The van der Waals surface area contributed by atoms with E-state index >= 15 is 0 Å². The van der Waals surface area contributed by atoms with Gasteiger partial charge in [-0.3, -0.25) is 9.59 Å². The number of hydrogen-bond acceptors (Lipinski definition) is 10. The number of ether oxygens (including phenoxy) is 2. The SMILES string of the molecule is CC[C@@H]1C(=O)N(C)c2cnc(Nc3ccc(C(=O)Nc4ccc(C=CC[C@@](NC(=O)OC(C)(C)C)(C(=O)O)C5CCCC5)cc4)cc3OC)nc2N1C1CCCC1. The zero-order valence-corrected chi connectivity index (χ0v) is 33.8. The van der Waals surface area contributed by atoms with Crippen molar-refractivity contribution in [3.8, 4) is 5.75 Å². The maximum absolute atomic E-state index is 13.4. The number of carbonyl (C=O) groups excluding carboxylic acids is 3. The molecule has 3 aliphatic rings. The van der Waals surface area contributed by atoms with Crippen LogP contribution in [-0.4, -0.2) is 76.3 Å². The quantitative estimate of drug-likeness (QED) is 0.133. The number of aromatic nitrogens is 2. The number of rotatable bonds is 13. The fourth-order valence-electron chi connectivity index (χ4n) is 8.30. The molecule has 0 radical (unpaired) electrons. The first-order chi connectivity index (χ1) is 27.2. The van der Waals surface area contributed by atoms with Gasteiger partial charge in [-0.15, -0.1) is 0 Å². The number of carboxylic acid groups (broad SMARTS) is 1. The summed E-state index contributed by atoms with van der Waals surface area (Å²) >= 11 is 0. The molecule has 0 bridgehead atoms. The van der Waals surface area contributed by atoms with Crippen LogP contribution in [0.3, 0.4) is 0 Å². The summed E-state index contributed by atoms with van der Waals surface area (Å²) in [6, 6.07) is 12.2. The predicted molar refractivity (Wildman–Crippen MR) is 220 cm³/mol. The Kier molecular flexibility index (Phi) is 12.4. The highest BCUT2D eigenvalue weighted by atomic mass is 16.6. The number of fused-ring (bicyclic) bond motifs is 1. The number of likely N-dealkylation sites (N-methyl/N-ethyl adjacent to an activating group) is 1. The molecular formula is C43H55N7O7. The topological polar surface area (TPSA) is 175 Å². The van der Waals surface area contributed by atoms with E-state index in [-0.39, 0.29) is 36.2 Å². The van der Waals surface area contributed by atoms with Gasteiger partial charge < -0.3 is 40.3 Å². The monoisotopic (exact) mass is 781 g/mol. The zero-order valence-electron chi connectivity index (χ0n) is 33.8. The van der Waals surface area contributed by atoms with Crippen LogP contribution in [0.4, 0.5) is 33.6 Å². The van der Waals surface area contributed by atoms with Gasteiger partial charge in [-0.1, -0.05) is 56.9 Å². The molecule has 14 nitrogen and oxygen atoms in total. The first kappa shape index (κ1) is 41.0. The van der Waals surface area contributed by atoms with Crippen LogP contribution in [0, 0.1) is 5.92 Å². The lowest BCUT2D eigenvalue weighted by molar-refractivity contribution is -0.147. The standard InChI is InChI=1S/C43H55N7O7/c1-7-33-38(52)49(5)34-26-44-40(47-36(34)50(33)31-16-10-11-17-31)46-32-23-20-28(25-35(32)56-6)37(51)45-30-21-18-27(19-22-30)13-12-24-43(39(53)54,29-14-8-9-15-29)48-41(55)57-42(2,3)4/h12-13,18-23,25-26,29,31,33H,7-11,14-17,24H2,1-6H3,(H,45,51)(H,48,55)(H,53,54)(H,44,46,47)/t33-,43+/m1/s1. The number of methoxy groups -OCH3 is 1. The Balaban J connectivity index is 1.12. The number of hydrogen-bond donors (Lipinski definition) is 4. The Hall–Kier alpha value is -5.66. The average molecular weight is 782 g/mol. The smallest absolute Gasteiger partial charge is 0.408 e. The highest BCUT2D eigenvalue weighted by Gasteiger charge is 2.48. The molecule has 2 aromatic carbocycles. The van der Waals surface area contributed by atoms with E-state index < -0.39 is 23.2 Å². The van der Waals surface area contributed by atoms with Crippen molar-refractivity contribution in [1.82, 2.24) is 15.3 Å². The molecule has 2 aliphatic carbocycles. The van der Waals surface area contributed by atoms with Crippen LogP contribution in [0.15, 0.2) is 54.7 Å². The Morgan fingerprint density at radius 1 is 1.00 bits per heavy atom. The summed E-state index contributed by atoms with van der Waals surface area (Å²) in [6.07, 6.45) is 12.8. The van der Waals surface area contributed by atoms with E-state index in [1.807, 2.05) is 25.1 Å². The second-order valence-electron chi connectivity index (χ2n) is 16.2. The van der Waals surface area contributed by atoms with Crippen LogP contribution < -0.4 is 30.5 Å². The van der Waals surface area contributed by atoms with E-state index in [0.29, 0.717) is 53.6 Å². The number of alkyl carbamates (subject to hydrolysis) is 1. The molecule has 3 amide bonds. The molecule has 3 aromatic rings. The van der Waals surface area contributed by atoms with Crippen molar-refractivity contribution in [2.75, 3.05) is 34.6 Å². The number of benzene rings is 2. The van der Waals surface area contributed by atoms with E-state index in [1.54, 1.807) is 75.3 Å². The van der Waals surface area contributed by atoms with E-state index in [1.165, 1.54) is 7.11 Å². The number of nitrogens with one attached hydrogen (secondary N) is 3. The predicted octanol–water partition coefficient (Wildman–Crippen LogP) is 7.93. The van der Waals surface area contributed by atoms with Gasteiger partial charge in [0.1, 0.15) is 28.6 Å². The van der Waals surface area contributed by atoms with Gasteiger partial charge in [0.15, 0.2) is 5.82 Å². The molecule has 1 aromatic heterocycles. The molecule has 0 spiro atoms. The first-order valence-corrected chi connectivity index (χ1v) is 19.9. The average Bonchev–Trinajstić information content (AvgIpc) is 3.92. The van der Waals surface area contributed by atoms with Crippen molar-refractivity contribution < 1.29 is 33.8 Å². The van der Waals surface area contributed by atoms with Gasteiger partial charge in [-0.05, 0) is 101 Å². The van der Waals surface area contributed by atoms with Crippen LogP contribution in [0.2, 0.25) is 0 Å². The van der Waals surface area contributed by atoms with E-state index in [0.717, 1.165) is 49.9 Å². The van der Waals surface area contributed by atoms with Crippen LogP contribution >= 0.6 is 0 Å². The van der Waals surface area contributed by atoms with Crippen LogP contribution in [0.5, 0.6) is 5.75 Å². The second-order valence-corrected chi connectivity index (χ2v) is 16.2. The third kappa shape index (κ3) is 9.16. The molecular weight excluding hydrogens is 727 g/mol. The number of anilines is 5. The molecule has 2 saturated carbocycles. The van der Waals surface area contributed by atoms with Gasteiger partial charge in [-0.2, -0.15) is 4.98 Å². The van der Waals surface area contributed by atoms with Crippen LogP contribution in [0.1, 0.15) is 108 Å². The van der Waals surface area contributed by atoms with Gasteiger partial charge in [0.25, 0.3) is 5.91 Å². The molecule has 2 heterocycles. The third-order valence-electron chi connectivity index (χ3n) is 11.2. The molecule has 4 N–H and O–H groups in total. The van der Waals surface area contributed by atoms with E-state index in [9.17, 15) is 24.3 Å². The Morgan fingerprint density at radius 3 is 2.32 bits per heavy atom. The van der Waals surface area contributed by atoms with Crippen molar-refractivity contribution in [2.24, 2.45) is 5.92 Å². The summed E-state index contributed by atoms with van der Waals surface area (Å²) < 4.78 is 11.1. The van der Waals surface area contributed by atoms with Gasteiger partial charge >= 0.3 is 12.1 Å². The van der Waals surface area contributed by atoms with E-state index in [4.69, 9.17) is 14.5 Å². The van der Waals surface area contributed by atoms with Crippen molar-refractivity contribution in [1.29, 1.82) is 0 Å². The van der Waals surface area contributed by atoms with E-state index in [2.05, 4.69) is 25.8 Å². The maximum atomic E-state index is 13.4. The molecule has 6 rings (SSSR count). The zero-order chi connectivity index (χ0) is 40.9. The van der Waals surface area contributed by atoms with Gasteiger partial charge in [-0.25, -0.2) is 14.6 Å². The molecule has 1 aliphatic heterocycles. The number of carbonyl (C=O) groups is 4. The summed E-state index contributed by atoms with van der Waals surface area (Å²) in [6.45, 7) is 7.25. The number of nitrogens with zero attached hydrogens (tertiary/aromatic N) is 4. The van der Waals surface area contributed by atoms with Crippen molar-refractivity contribution in [3.63, 3.8) is 0 Å². The largest absolute Gasteiger partial charge is 0.495 e. The summed E-state index contributed by atoms with van der Waals surface area (Å²) in [4.78, 5) is 65.4. The van der Waals surface area contributed by atoms with Crippen molar-refractivity contribution in [3.05, 3.63) is 65.9 Å². The minimum atomic E-state index is -1.49. The second kappa shape index (κ2) is 17.2. The molecule has 57 heavy (non-hydrogen) atoms. The summed E-state index contributed by atoms with van der Waals surface area (Å²) in [5.74, 6) is -0.0850. The highest BCUT2D eigenvalue weighted by Crippen LogP contribution is 2.41. The summed E-state index contributed by atoms with van der Waals surface area (Å²) in [7, 11) is 3.29. The lowest BCUT2D eigenvalue weighted by Crippen LogP contribution is -2.59. The van der Waals surface area contributed by atoms with Crippen molar-refractivity contribution in [2.45, 2.75) is 115 Å². The summed E-state index contributed by atoms with van der Waals surface area (Å²) in [5.41, 5.74) is 0.742. The van der Waals surface area contributed by atoms with Crippen molar-refractivity contribution >= 4 is 58.8 Å². The first-order valence-electron chi connectivity index (χ1n) is 19.9. The molecule has 2 atom stereocenters. The molecule has 2 fully saturated rings. The minimum absolute atomic E-state index is 0.0500. The lowest BCUT2D eigenvalue weighted by atomic mass is 9.79. The van der Waals surface area contributed by atoms with Crippen LogP contribution in [0.25, 0.3) is 6.08 Å². The molecule has 14 heteroatoms. The van der Waals surface area contributed by atoms with Gasteiger partial charge in [0.05, 0.1) is 19.0 Å². The Morgan fingerprint density at radius 2 is 1.68 bits per heavy atom. The molecule has 304 valence electrons. The van der Waals surface area contributed by atoms with Gasteiger partial charge in [0.2, 0.25) is 11.9 Å². The Bertz CT molecular complexity index is 1980. The molecule has 0 saturated heterocycles. The number of amides is 3. The fourth-order valence-corrected chi connectivity index (χ4v) is 8.30. The molecule has 0 unspecified atom stereocenters. The highest BCUT2D eigenvalue weighted by molar-refractivity contribution is 6.05. The normalized spacial score (nSPS) is 18.6. The third-order valence-corrected chi connectivity index (χ3v) is 11.2. The Labute approximate surface area is 334 Å².